The molecule has 0 fully saturated rings. The molecule has 0 aliphatic carbocycles. The van der Waals surface area contributed by atoms with Gasteiger partial charge in [0, 0.05) is 12.6 Å². The molecule has 0 aliphatic heterocycles. The van der Waals surface area contributed by atoms with Crippen LogP contribution >= 0.6 is 0 Å². The number of aliphatic imine (C=N–C) groups is 1. The summed E-state index contributed by atoms with van der Waals surface area (Å²) in [4.78, 5) is 4.78. The summed E-state index contributed by atoms with van der Waals surface area (Å²) in [7, 11) is 1.89. The molecule has 0 radical (unpaired) electrons. The van der Waals surface area contributed by atoms with Gasteiger partial charge in [0.05, 0.1) is 5.71 Å². The van der Waals surface area contributed by atoms with Crippen molar-refractivity contribution in [1.82, 2.24) is 0 Å². The van der Waals surface area contributed by atoms with E-state index in [4.69, 9.17) is 4.99 Å². The van der Waals surface area contributed by atoms with Crippen LogP contribution in [0, 0.1) is 27.7 Å². The van der Waals surface area contributed by atoms with Crippen LogP contribution in [0.5, 0.6) is 0 Å². The second-order valence-electron chi connectivity index (χ2n) is 14.0. The first-order valence-corrected chi connectivity index (χ1v) is 18.6. The van der Waals surface area contributed by atoms with Crippen molar-refractivity contribution in [2.24, 2.45) is 4.99 Å². The quantitative estimate of drug-likeness (QED) is 0.134. The van der Waals surface area contributed by atoms with E-state index in [1.54, 1.807) is 0 Å². The molecule has 0 spiro atoms. The van der Waals surface area contributed by atoms with Crippen molar-refractivity contribution in [1.29, 1.82) is 0 Å². The number of rotatable bonds is 9. The van der Waals surface area contributed by atoms with Crippen LogP contribution < -0.4 is 0 Å². The zero-order valence-electron chi connectivity index (χ0n) is 31.7. The van der Waals surface area contributed by atoms with Gasteiger partial charge in [0.25, 0.3) is 0 Å². The average Bonchev–Trinajstić information content (AvgIpc) is 3.18. The van der Waals surface area contributed by atoms with Crippen LogP contribution in [0.2, 0.25) is 0 Å². The Bertz CT molecular complexity index is 2490. The average molecular weight is 686 g/mol. The van der Waals surface area contributed by atoms with Crippen LogP contribution in [0.4, 0.5) is 0 Å². The summed E-state index contributed by atoms with van der Waals surface area (Å²) in [6.45, 7) is 10.9. The molecule has 53 heavy (non-hydrogen) atoms. The van der Waals surface area contributed by atoms with Gasteiger partial charge in [-0.15, -0.1) is 0 Å². The Labute approximate surface area is 316 Å². The highest BCUT2D eigenvalue weighted by atomic mass is 14.7. The van der Waals surface area contributed by atoms with Crippen molar-refractivity contribution in [2.75, 3.05) is 7.05 Å². The molecule has 0 aliphatic rings. The largest absolute Gasteiger partial charge is 0.288 e. The molecular formula is C52H47N. The fraction of sp³-hybridized carbons (Fsp3) is 0.135. The first-order valence-electron chi connectivity index (χ1n) is 18.6. The summed E-state index contributed by atoms with van der Waals surface area (Å²) in [6.07, 6.45) is 4.97. The van der Waals surface area contributed by atoms with E-state index in [2.05, 4.69) is 198 Å². The minimum absolute atomic E-state index is 0.769. The smallest absolute Gasteiger partial charge is 0.0640 e. The highest BCUT2D eigenvalue weighted by Crippen LogP contribution is 2.43. The maximum Gasteiger partial charge on any atom is 0.0640 e. The third kappa shape index (κ3) is 7.21. The van der Waals surface area contributed by atoms with Crippen LogP contribution in [0.25, 0.3) is 55.6 Å². The molecule has 7 rings (SSSR count). The van der Waals surface area contributed by atoms with Gasteiger partial charge in [0.1, 0.15) is 0 Å². The molecule has 0 unspecified atom stereocenters. The van der Waals surface area contributed by atoms with Crippen molar-refractivity contribution >= 4 is 5.71 Å². The Morgan fingerprint density at radius 1 is 0.453 bits per heavy atom. The Morgan fingerprint density at radius 3 is 1.45 bits per heavy atom. The number of allylic oxidation sites excluding steroid dienone is 2. The van der Waals surface area contributed by atoms with Gasteiger partial charge in [0.2, 0.25) is 0 Å². The van der Waals surface area contributed by atoms with Gasteiger partial charge < -0.3 is 0 Å². The van der Waals surface area contributed by atoms with Crippen LogP contribution in [0.15, 0.2) is 169 Å². The third-order valence-electron chi connectivity index (χ3n) is 10.6. The minimum Gasteiger partial charge on any atom is -0.288 e. The lowest BCUT2D eigenvalue weighted by molar-refractivity contribution is 1.19. The fourth-order valence-electron chi connectivity index (χ4n) is 7.80. The van der Waals surface area contributed by atoms with Crippen molar-refractivity contribution in [3.63, 3.8) is 0 Å². The molecule has 7 aromatic rings. The molecule has 1 heteroatoms. The lowest BCUT2D eigenvalue weighted by atomic mass is 9.81. The molecule has 260 valence electrons. The molecule has 0 bridgehead atoms. The van der Waals surface area contributed by atoms with E-state index in [0.717, 1.165) is 17.7 Å². The second-order valence-corrected chi connectivity index (χ2v) is 14.0. The number of hydrogen-bond donors (Lipinski definition) is 0. The Kier molecular flexibility index (Phi) is 10.5. The van der Waals surface area contributed by atoms with E-state index in [-0.39, 0.29) is 0 Å². The van der Waals surface area contributed by atoms with E-state index in [0.29, 0.717) is 0 Å². The summed E-state index contributed by atoms with van der Waals surface area (Å²) >= 11 is 0. The Hall–Kier alpha value is -6.05. The van der Waals surface area contributed by atoms with Gasteiger partial charge in [-0.25, -0.2) is 0 Å². The van der Waals surface area contributed by atoms with E-state index in [9.17, 15) is 0 Å². The molecule has 7 aromatic carbocycles. The highest BCUT2D eigenvalue weighted by molar-refractivity contribution is 6.10. The summed E-state index contributed by atoms with van der Waals surface area (Å²) in [5.41, 5.74) is 22.2. The SMILES string of the molecule is C/C=C/C(=NC)c1cc(-c2ccccc2C)c(Cc2ccccc2-c2ccccc2C)c(-c2ccccc2-c2ccc(-c3ccccc3C)c(C)c2)c1. The topological polar surface area (TPSA) is 12.4 Å². The van der Waals surface area contributed by atoms with Crippen molar-refractivity contribution in [3.05, 3.63) is 203 Å². The molecule has 0 atom stereocenters. The summed E-state index contributed by atoms with van der Waals surface area (Å²) in [6, 6.07) is 55.7. The number of nitrogens with zero attached hydrogens (tertiary/aromatic N) is 1. The van der Waals surface area contributed by atoms with E-state index < -0.39 is 0 Å². The zero-order valence-corrected chi connectivity index (χ0v) is 31.7. The molecule has 0 saturated carbocycles. The van der Waals surface area contributed by atoms with Crippen LogP contribution in [0.1, 0.15) is 45.9 Å². The van der Waals surface area contributed by atoms with Gasteiger partial charge >= 0.3 is 0 Å². The van der Waals surface area contributed by atoms with Crippen LogP contribution in [-0.4, -0.2) is 12.8 Å². The van der Waals surface area contributed by atoms with E-state index in [1.807, 2.05) is 7.05 Å². The third-order valence-corrected chi connectivity index (χ3v) is 10.6. The lowest BCUT2D eigenvalue weighted by Crippen LogP contribution is -2.05. The molecule has 1 nitrogen and oxygen atoms in total. The first kappa shape index (κ1) is 35.4. The predicted octanol–water partition coefficient (Wildman–Crippen LogP) is 13.8. The lowest BCUT2D eigenvalue weighted by Gasteiger charge is -2.23. The zero-order chi connectivity index (χ0) is 36.9. The Balaban J connectivity index is 1.51. The molecule has 0 N–H and O–H groups in total. The van der Waals surface area contributed by atoms with E-state index >= 15 is 0 Å². The highest BCUT2D eigenvalue weighted by Gasteiger charge is 2.21. The van der Waals surface area contributed by atoms with Crippen LogP contribution in [0.3, 0.4) is 0 Å². The van der Waals surface area contributed by atoms with Crippen molar-refractivity contribution in [2.45, 2.75) is 41.0 Å². The maximum absolute atomic E-state index is 4.78. The molecule has 0 heterocycles. The monoisotopic (exact) mass is 685 g/mol. The van der Waals surface area contributed by atoms with Gasteiger partial charge in [-0.3, -0.25) is 4.99 Å². The predicted molar refractivity (Wildman–Crippen MR) is 229 cm³/mol. The minimum atomic E-state index is 0.769. The number of hydrogen-bond acceptors (Lipinski definition) is 1. The fourth-order valence-corrected chi connectivity index (χ4v) is 7.80. The van der Waals surface area contributed by atoms with Crippen molar-refractivity contribution in [3.8, 4) is 55.6 Å². The number of aryl methyl sites for hydroxylation is 4. The first-order chi connectivity index (χ1) is 25.9. The summed E-state index contributed by atoms with van der Waals surface area (Å²) in [5.74, 6) is 0. The summed E-state index contributed by atoms with van der Waals surface area (Å²) < 4.78 is 0. The number of benzene rings is 7. The van der Waals surface area contributed by atoms with Crippen LogP contribution in [-0.2, 0) is 6.42 Å². The molecule has 0 saturated heterocycles. The second kappa shape index (κ2) is 15.7. The standard InChI is InChI=1S/C52H47N/c1-7-18-52(53-6)41-33-49(44-25-14-10-21-37(44)4)51(32-39-22-11-15-26-46(39)43-24-13-9-20-36(43)3)50(34-41)48-28-17-16-27-47(48)40-29-30-45(38(5)31-40)42-23-12-8-19-35(42)2/h7-31,33-34H,32H2,1-6H3/b18-7+,53-52?. The van der Waals surface area contributed by atoms with Gasteiger partial charge in [-0.1, -0.05) is 146 Å². The molecule has 0 amide bonds. The molecular weight excluding hydrogens is 639 g/mol. The normalized spacial score (nSPS) is 11.7. The Morgan fingerprint density at radius 2 is 0.906 bits per heavy atom. The van der Waals surface area contributed by atoms with Crippen molar-refractivity contribution < 1.29 is 0 Å². The van der Waals surface area contributed by atoms with E-state index in [1.165, 1.54) is 89.0 Å². The maximum atomic E-state index is 4.78. The summed E-state index contributed by atoms with van der Waals surface area (Å²) in [5, 5.41) is 0. The van der Waals surface area contributed by atoms with Gasteiger partial charge in [0.15, 0.2) is 0 Å². The molecule has 0 aromatic heterocycles. The van der Waals surface area contributed by atoms with Gasteiger partial charge in [-0.2, -0.15) is 0 Å². The van der Waals surface area contributed by atoms with Gasteiger partial charge in [-0.05, 0) is 148 Å².